The van der Waals surface area contributed by atoms with Crippen LogP contribution in [0, 0.1) is 6.92 Å². The third-order valence-corrected chi connectivity index (χ3v) is 3.39. The maximum Gasteiger partial charge on any atom is 0.573 e. The van der Waals surface area contributed by atoms with E-state index in [4.69, 9.17) is 23.2 Å². The van der Waals surface area contributed by atoms with Gasteiger partial charge in [0.05, 0.1) is 10.5 Å². The Hall–Kier alpha value is -1.20. The average molecular weight is 324 g/mol. The van der Waals surface area contributed by atoms with Gasteiger partial charge in [0.15, 0.2) is 0 Å². The van der Waals surface area contributed by atoms with Crippen LogP contribution < -0.4 is 4.74 Å². The lowest BCUT2D eigenvalue weighted by Gasteiger charge is -2.12. The number of halogens is 5. The zero-order valence-electron chi connectivity index (χ0n) is 10.4. The molecule has 0 unspecified atom stereocenters. The van der Waals surface area contributed by atoms with Gasteiger partial charge in [0, 0.05) is 17.0 Å². The Morgan fingerprint density at radius 3 is 2.60 bits per heavy atom. The number of pyridine rings is 1. The number of nitrogens with zero attached hydrogens (tertiary/aromatic N) is 1. The van der Waals surface area contributed by atoms with E-state index in [9.17, 15) is 13.2 Å². The molecule has 0 saturated carbocycles. The van der Waals surface area contributed by atoms with Crippen LogP contribution >= 0.6 is 23.2 Å². The van der Waals surface area contributed by atoms with Crippen molar-refractivity contribution >= 4 is 34.1 Å². The van der Waals surface area contributed by atoms with Crippen molar-refractivity contribution < 1.29 is 17.9 Å². The lowest BCUT2D eigenvalue weighted by molar-refractivity contribution is -0.274. The summed E-state index contributed by atoms with van der Waals surface area (Å²) in [6, 6.07) is 3.88. The van der Waals surface area contributed by atoms with Gasteiger partial charge in [0.2, 0.25) is 0 Å². The number of aromatic nitrogens is 1. The second kappa shape index (κ2) is 5.66. The summed E-state index contributed by atoms with van der Waals surface area (Å²) in [5.41, 5.74) is 1.96. The topological polar surface area (TPSA) is 22.1 Å². The van der Waals surface area contributed by atoms with Gasteiger partial charge in [-0.2, -0.15) is 0 Å². The normalized spacial score (nSPS) is 11.9. The van der Waals surface area contributed by atoms with Crippen molar-refractivity contribution in [2.45, 2.75) is 19.7 Å². The predicted octanol–water partition coefficient (Wildman–Crippen LogP) is 4.88. The summed E-state index contributed by atoms with van der Waals surface area (Å²) in [4.78, 5) is 4.31. The van der Waals surface area contributed by atoms with Crippen LogP contribution in [0.15, 0.2) is 18.2 Å². The number of aryl methyl sites for hydroxylation is 1. The lowest BCUT2D eigenvalue weighted by atomic mass is 10.1. The minimum atomic E-state index is -4.74. The van der Waals surface area contributed by atoms with Crippen LogP contribution in [0.4, 0.5) is 13.2 Å². The predicted molar refractivity (Wildman–Crippen MR) is 72.6 cm³/mol. The minimum absolute atomic E-state index is 0.325. The number of alkyl halides is 4. The van der Waals surface area contributed by atoms with E-state index >= 15 is 0 Å². The van der Waals surface area contributed by atoms with Crippen LogP contribution in [-0.4, -0.2) is 17.2 Å². The molecular formula is C13H10Cl2F3NO. The van der Waals surface area contributed by atoms with Crippen molar-refractivity contribution in [3.8, 4) is 5.75 Å². The van der Waals surface area contributed by atoms with Crippen molar-refractivity contribution in [3.63, 3.8) is 0 Å². The molecule has 0 amide bonds. The number of hydrogen-bond acceptors (Lipinski definition) is 2. The number of rotatable bonds is 3. The summed E-state index contributed by atoms with van der Waals surface area (Å²) in [7, 11) is 0. The van der Waals surface area contributed by atoms with Crippen molar-refractivity contribution in [2.24, 2.45) is 0 Å². The first-order valence-electron chi connectivity index (χ1n) is 5.72. The van der Waals surface area contributed by atoms with E-state index in [0.717, 1.165) is 5.56 Å². The molecule has 1 aromatic carbocycles. The fraction of sp³-hybridized carbons (Fsp3) is 0.308. The monoisotopic (exact) mass is 323 g/mol. The summed E-state index contributed by atoms with van der Waals surface area (Å²) in [5, 5.41) is 0.778. The standard InChI is InChI=1S/C13H10Cl2F3NO/c1-7-9(4-5-14)12(15)10-6-8(20-13(16,17)18)2-3-11(10)19-7/h2-3,6H,4-5H2,1H3. The van der Waals surface area contributed by atoms with Crippen molar-refractivity contribution in [1.29, 1.82) is 0 Å². The largest absolute Gasteiger partial charge is 0.573 e. The maximum absolute atomic E-state index is 12.2. The Morgan fingerprint density at radius 2 is 2.00 bits per heavy atom. The SMILES string of the molecule is Cc1nc2ccc(OC(F)(F)F)cc2c(Cl)c1CCCl. The van der Waals surface area contributed by atoms with E-state index in [1.807, 2.05) is 0 Å². The molecular weight excluding hydrogens is 314 g/mol. The summed E-state index contributed by atoms with van der Waals surface area (Å²) < 4.78 is 40.5. The van der Waals surface area contributed by atoms with Gasteiger partial charge in [-0.3, -0.25) is 4.98 Å². The zero-order chi connectivity index (χ0) is 14.9. The molecule has 2 aromatic rings. The first kappa shape index (κ1) is 15.2. The molecule has 2 nitrogen and oxygen atoms in total. The third-order valence-electron chi connectivity index (χ3n) is 2.77. The van der Waals surface area contributed by atoms with Gasteiger partial charge in [0.25, 0.3) is 0 Å². The van der Waals surface area contributed by atoms with Crippen molar-refractivity contribution in [2.75, 3.05) is 5.88 Å². The highest BCUT2D eigenvalue weighted by Gasteiger charge is 2.31. The van der Waals surface area contributed by atoms with Gasteiger partial charge in [-0.15, -0.1) is 24.8 Å². The molecule has 0 atom stereocenters. The third kappa shape index (κ3) is 3.27. The molecule has 20 heavy (non-hydrogen) atoms. The quantitative estimate of drug-likeness (QED) is 0.751. The molecule has 0 spiro atoms. The van der Waals surface area contributed by atoms with Gasteiger partial charge < -0.3 is 4.74 Å². The molecule has 0 saturated heterocycles. The highest BCUT2D eigenvalue weighted by atomic mass is 35.5. The van der Waals surface area contributed by atoms with Gasteiger partial charge >= 0.3 is 6.36 Å². The smallest absolute Gasteiger partial charge is 0.406 e. The second-order valence-corrected chi connectivity index (χ2v) is 4.91. The highest BCUT2D eigenvalue weighted by molar-refractivity contribution is 6.36. The van der Waals surface area contributed by atoms with Crippen molar-refractivity contribution in [1.82, 2.24) is 4.98 Å². The van der Waals surface area contributed by atoms with E-state index in [2.05, 4.69) is 9.72 Å². The van der Waals surface area contributed by atoms with E-state index < -0.39 is 6.36 Å². The molecule has 0 aliphatic rings. The Bertz CT molecular complexity index is 644. The molecule has 0 fully saturated rings. The molecule has 0 N–H and O–H groups in total. The fourth-order valence-corrected chi connectivity index (χ4v) is 2.51. The fourth-order valence-electron chi connectivity index (χ4n) is 1.94. The Labute approximate surface area is 123 Å². The summed E-state index contributed by atoms with van der Waals surface area (Å²) in [6.45, 7) is 1.79. The summed E-state index contributed by atoms with van der Waals surface area (Å²) in [6.07, 6.45) is -4.24. The Balaban J connectivity index is 2.55. The van der Waals surface area contributed by atoms with Gasteiger partial charge in [-0.05, 0) is 37.1 Å². The first-order chi connectivity index (χ1) is 9.31. The maximum atomic E-state index is 12.2. The van der Waals surface area contributed by atoms with Crippen LogP contribution in [0.2, 0.25) is 5.02 Å². The highest BCUT2D eigenvalue weighted by Crippen LogP contribution is 2.33. The van der Waals surface area contributed by atoms with Gasteiger partial charge in [-0.1, -0.05) is 11.6 Å². The lowest BCUT2D eigenvalue weighted by Crippen LogP contribution is -2.17. The van der Waals surface area contributed by atoms with Crippen LogP contribution in [-0.2, 0) is 6.42 Å². The van der Waals surface area contributed by atoms with Crippen LogP contribution in [0.1, 0.15) is 11.3 Å². The minimum Gasteiger partial charge on any atom is -0.406 e. The number of hydrogen-bond donors (Lipinski definition) is 0. The Kier molecular flexibility index (Phi) is 4.30. The number of ether oxygens (including phenoxy) is 1. The molecule has 0 bridgehead atoms. The van der Waals surface area contributed by atoms with E-state index in [1.165, 1.54) is 18.2 Å². The Morgan fingerprint density at radius 1 is 1.30 bits per heavy atom. The molecule has 0 aliphatic heterocycles. The molecule has 0 aliphatic carbocycles. The van der Waals surface area contributed by atoms with Crippen LogP contribution in [0.3, 0.4) is 0 Å². The average Bonchev–Trinajstić information content (AvgIpc) is 2.33. The molecule has 1 heterocycles. The molecule has 2 rings (SSSR count). The second-order valence-electron chi connectivity index (χ2n) is 4.16. The summed E-state index contributed by atoms with van der Waals surface area (Å²) >= 11 is 11.9. The van der Waals surface area contributed by atoms with E-state index in [-0.39, 0.29) is 5.75 Å². The first-order valence-corrected chi connectivity index (χ1v) is 6.63. The van der Waals surface area contributed by atoms with Crippen molar-refractivity contribution in [3.05, 3.63) is 34.5 Å². The number of benzene rings is 1. The van der Waals surface area contributed by atoms with E-state index in [0.29, 0.717) is 33.9 Å². The molecule has 0 radical (unpaired) electrons. The zero-order valence-corrected chi connectivity index (χ0v) is 11.9. The number of fused-ring (bicyclic) bond motifs is 1. The van der Waals surface area contributed by atoms with Crippen LogP contribution in [0.5, 0.6) is 5.75 Å². The molecule has 108 valence electrons. The molecule has 1 aromatic heterocycles. The van der Waals surface area contributed by atoms with E-state index in [1.54, 1.807) is 6.92 Å². The van der Waals surface area contributed by atoms with Gasteiger partial charge in [0.1, 0.15) is 5.75 Å². The molecule has 7 heteroatoms. The van der Waals surface area contributed by atoms with Gasteiger partial charge in [-0.25, -0.2) is 0 Å². The summed E-state index contributed by atoms with van der Waals surface area (Å²) in [5.74, 6) is 0.0290. The van der Waals surface area contributed by atoms with Crippen LogP contribution in [0.25, 0.3) is 10.9 Å².